The summed E-state index contributed by atoms with van der Waals surface area (Å²) in [6.07, 6.45) is 9.93. The molecule has 120 valence electrons. The molecule has 3 nitrogen and oxygen atoms in total. The van der Waals surface area contributed by atoms with Crippen molar-refractivity contribution in [2.75, 3.05) is 38.5 Å². The topological polar surface area (TPSA) is 9.72 Å². The Hall–Kier alpha value is -0.870. The molecule has 5 aliphatic rings. The standard InChI is InChI=1S/C18H27N3S/c1-3-20(4-2)17-13-22-18-12-21(10-7-15(17)18)16-11-19-8-5-14(16)6-9-19/h7,10,12,14,16H,3-6,8-9,11,13H2,1-2H3/t16-/m0/s1. The molecule has 1 atom stereocenters. The summed E-state index contributed by atoms with van der Waals surface area (Å²) in [4.78, 5) is 9.16. The van der Waals surface area contributed by atoms with Crippen LogP contribution in [-0.2, 0) is 0 Å². The van der Waals surface area contributed by atoms with Crippen LogP contribution < -0.4 is 0 Å². The zero-order valence-corrected chi connectivity index (χ0v) is 14.6. The fourth-order valence-corrected chi connectivity index (χ4v) is 5.58. The summed E-state index contributed by atoms with van der Waals surface area (Å²) in [7, 11) is 0. The molecule has 0 aromatic carbocycles. The minimum absolute atomic E-state index is 0.700. The Kier molecular flexibility index (Phi) is 3.99. The molecule has 3 saturated heterocycles. The van der Waals surface area contributed by atoms with Gasteiger partial charge < -0.3 is 14.7 Å². The Morgan fingerprint density at radius 3 is 2.64 bits per heavy atom. The first-order valence-electron chi connectivity index (χ1n) is 8.81. The Morgan fingerprint density at radius 1 is 1.23 bits per heavy atom. The summed E-state index contributed by atoms with van der Waals surface area (Å²) in [5.74, 6) is 2.03. The Balaban J connectivity index is 1.55. The number of thioether (sulfide) groups is 1. The van der Waals surface area contributed by atoms with Gasteiger partial charge in [-0.15, -0.1) is 11.8 Å². The Morgan fingerprint density at radius 2 is 2.00 bits per heavy atom. The van der Waals surface area contributed by atoms with Crippen LogP contribution in [0.3, 0.4) is 0 Å². The highest BCUT2D eigenvalue weighted by Crippen LogP contribution is 2.42. The second-order valence-electron chi connectivity index (χ2n) is 6.78. The molecule has 0 saturated carbocycles. The van der Waals surface area contributed by atoms with E-state index in [1.165, 1.54) is 48.7 Å². The SMILES string of the molecule is CCN(CC)C1=C2C=CN([C@H]3CN4CCC3CC4)C=C2SC1. The first-order valence-corrected chi connectivity index (χ1v) is 9.79. The van der Waals surface area contributed by atoms with Gasteiger partial charge in [0, 0.05) is 60.0 Å². The summed E-state index contributed by atoms with van der Waals surface area (Å²) in [6, 6.07) is 0.700. The molecule has 22 heavy (non-hydrogen) atoms. The van der Waals surface area contributed by atoms with E-state index in [9.17, 15) is 0 Å². The summed E-state index contributed by atoms with van der Waals surface area (Å²) in [6.45, 7) is 10.6. The molecule has 5 heterocycles. The third kappa shape index (κ3) is 2.41. The molecular weight excluding hydrogens is 290 g/mol. The van der Waals surface area contributed by atoms with Gasteiger partial charge in [0.2, 0.25) is 0 Å². The third-order valence-corrected chi connectivity index (χ3v) is 6.82. The summed E-state index contributed by atoms with van der Waals surface area (Å²) < 4.78 is 0. The van der Waals surface area contributed by atoms with E-state index in [-0.39, 0.29) is 0 Å². The highest BCUT2D eigenvalue weighted by atomic mass is 32.2. The zero-order valence-electron chi connectivity index (χ0n) is 13.8. The first kappa shape index (κ1) is 14.7. The molecule has 5 rings (SSSR count). The fourth-order valence-electron chi connectivity index (χ4n) is 4.41. The molecule has 0 spiro atoms. The molecule has 5 aliphatic heterocycles. The van der Waals surface area contributed by atoms with E-state index in [0.29, 0.717) is 6.04 Å². The summed E-state index contributed by atoms with van der Waals surface area (Å²) >= 11 is 2.02. The smallest absolute Gasteiger partial charge is 0.0487 e. The normalized spacial score (nSPS) is 33.3. The largest absolute Gasteiger partial charge is 0.374 e. The van der Waals surface area contributed by atoms with Gasteiger partial charge in [0.15, 0.2) is 0 Å². The minimum Gasteiger partial charge on any atom is -0.374 e. The molecule has 2 bridgehead atoms. The first-order chi connectivity index (χ1) is 10.8. The molecule has 0 aliphatic carbocycles. The molecule has 0 aromatic heterocycles. The van der Waals surface area contributed by atoms with Crippen molar-refractivity contribution in [1.29, 1.82) is 0 Å². The van der Waals surface area contributed by atoms with Crippen LogP contribution >= 0.6 is 11.8 Å². The quantitative estimate of drug-likeness (QED) is 0.788. The lowest BCUT2D eigenvalue weighted by Crippen LogP contribution is -2.55. The molecule has 0 N–H and O–H groups in total. The van der Waals surface area contributed by atoms with E-state index < -0.39 is 0 Å². The number of nitrogens with zero attached hydrogens (tertiary/aromatic N) is 3. The fraction of sp³-hybridized carbons (Fsp3) is 0.667. The van der Waals surface area contributed by atoms with E-state index in [1.807, 2.05) is 11.8 Å². The molecule has 0 unspecified atom stereocenters. The van der Waals surface area contributed by atoms with Crippen molar-refractivity contribution in [3.05, 3.63) is 34.7 Å². The summed E-state index contributed by atoms with van der Waals surface area (Å²) in [5.41, 5.74) is 3.01. The lowest BCUT2D eigenvalue weighted by atomic mass is 9.83. The van der Waals surface area contributed by atoms with Crippen LogP contribution in [0.1, 0.15) is 26.7 Å². The van der Waals surface area contributed by atoms with Crippen molar-refractivity contribution < 1.29 is 0 Å². The second kappa shape index (κ2) is 5.97. The van der Waals surface area contributed by atoms with Crippen LogP contribution in [0, 0.1) is 5.92 Å². The van der Waals surface area contributed by atoms with Crippen molar-refractivity contribution in [2.24, 2.45) is 5.92 Å². The lowest BCUT2D eigenvalue weighted by Gasteiger charge is -2.48. The summed E-state index contributed by atoms with van der Waals surface area (Å²) in [5, 5.41) is 0. The van der Waals surface area contributed by atoms with Gasteiger partial charge >= 0.3 is 0 Å². The average molecular weight is 318 g/mol. The van der Waals surface area contributed by atoms with Crippen molar-refractivity contribution >= 4 is 11.8 Å². The van der Waals surface area contributed by atoms with Crippen LogP contribution in [-0.4, -0.2) is 59.2 Å². The van der Waals surface area contributed by atoms with E-state index in [1.54, 1.807) is 0 Å². The monoisotopic (exact) mass is 317 g/mol. The molecular formula is C18H27N3S. The molecule has 0 aromatic rings. The number of allylic oxidation sites excluding steroid dienone is 2. The van der Waals surface area contributed by atoms with Gasteiger partial charge in [-0.2, -0.15) is 0 Å². The van der Waals surface area contributed by atoms with Gasteiger partial charge in [-0.1, -0.05) is 0 Å². The van der Waals surface area contributed by atoms with Gasteiger partial charge in [0.1, 0.15) is 0 Å². The van der Waals surface area contributed by atoms with Crippen LogP contribution in [0.25, 0.3) is 0 Å². The van der Waals surface area contributed by atoms with Crippen LogP contribution in [0.4, 0.5) is 0 Å². The molecule has 0 radical (unpaired) electrons. The van der Waals surface area contributed by atoms with Crippen molar-refractivity contribution in [3.63, 3.8) is 0 Å². The maximum absolute atomic E-state index is 2.64. The number of rotatable bonds is 4. The van der Waals surface area contributed by atoms with Crippen molar-refractivity contribution in [2.45, 2.75) is 32.7 Å². The highest BCUT2D eigenvalue weighted by molar-refractivity contribution is 8.03. The lowest BCUT2D eigenvalue weighted by molar-refractivity contribution is 0.0413. The third-order valence-electron chi connectivity index (χ3n) is 5.77. The van der Waals surface area contributed by atoms with Crippen molar-refractivity contribution in [1.82, 2.24) is 14.7 Å². The van der Waals surface area contributed by atoms with Gasteiger partial charge in [0.05, 0.1) is 0 Å². The Labute approximate surface area is 138 Å². The predicted octanol–water partition coefficient (Wildman–Crippen LogP) is 3.09. The van der Waals surface area contributed by atoms with Gasteiger partial charge in [-0.3, -0.25) is 0 Å². The molecule has 4 heteroatoms. The number of piperidine rings is 3. The maximum Gasteiger partial charge on any atom is 0.0487 e. The molecule has 3 fully saturated rings. The van der Waals surface area contributed by atoms with Crippen LogP contribution in [0.15, 0.2) is 34.7 Å². The van der Waals surface area contributed by atoms with E-state index in [2.05, 4.69) is 47.0 Å². The highest BCUT2D eigenvalue weighted by Gasteiger charge is 2.37. The van der Waals surface area contributed by atoms with Gasteiger partial charge in [-0.05, 0) is 51.8 Å². The maximum atomic E-state index is 2.64. The predicted molar refractivity (Wildman–Crippen MR) is 94.4 cm³/mol. The average Bonchev–Trinajstić information content (AvgIpc) is 3.00. The van der Waals surface area contributed by atoms with Gasteiger partial charge in [-0.25, -0.2) is 0 Å². The number of fused-ring (bicyclic) bond motifs is 4. The van der Waals surface area contributed by atoms with Crippen LogP contribution in [0.5, 0.6) is 0 Å². The Bertz CT molecular complexity index is 524. The van der Waals surface area contributed by atoms with E-state index in [4.69, 9.17) is 0 Å². The number of hydrogen-bond donors (Lipinski definition) is 0. The van der Waals surface area contributed by atoms with E-state index >= 15 is 0 Å². The van der Waals surface area contributed by atoms with Crippen LogP contribution in [0.2, 0.25) is 0 Å². The van der Waals surface area contributed by atoms with E-state index in [0.717, 1.165) is 24.8 Å². The van der Waals surface area contributed by atoms with Gasteiger partial charge in [0.25, 0.3) is 0 Å². The minimum atomic E-state index is 0.700. The number of hydrogen-bond acceptors (Lipinski definition) is 4. The zero-order chi connectivity index (χ0) is 15.1. The molecule has 0 amide bonds. The second-order valence-corrected chi connectivity index (χ2v) is 7.80. The van der Waals surface area contributed by atoms with Crippen molar-refractivity contribution in [3.8, 4) is 0 Å².